The summed E-state index contributed by atoms with van der Waals surface area (Å²) in [5.74, 6) is 0.523. The molecule has 1 aromatic rings. The monoisotopic (exact) mass is 453 g/mol. The molecule has 2 fully saturated rings. The second-order valence-corrected chi connectivity index (χ2v) is 11.1. The number of rotatable bonds is 8. The summed E-state index contributed by atoms with van der Waals surface area (Å²) < 4.78 is 25.3. The molecule has 3 unspecified atom stereocenters. The van der Waals surface area contributed by atoms with Gasteiger partial charge in [0.25, 0.3) is 0 Å². The molecule has 174 valence electrons. The standard InChI is InChI=1S/C21H35N5O4S/c1-4-5-9-22-21(28)17-7-6-16(3)25(12-17)13-20(27)23-19-11-15(2)24-26(19)18-8-10-31(29,30)14-18/h11,16-18H,4-10,12-14H2,1-3H3,(H,22,28)(H,23,27). The van der Waals surface area contributed by atoms with Gasteiger partial charge in [-0.25, -0.2) is 13.1 Å². The lowest BCUT2D eigenvalue weighted by molar-refractivity contribution is -0.128. The summed E-state index contributed by atoms with van der Waals surface area (Å²) in [5, 5.41) is 10.3. The van der Waals surface area contributed by atoms with Gasteiger partial charge in [0.05, 0.1) is 35.7 Å². The van der Waals surface area contributed by atoms with Crippen LogP contribution < -0.4 is 10.6 Å². The van der Waals surface area contributed by atoms with E-state index >= 15 is 0 Å². The third-order valence-electron chi connectivity index (χ3n) is 6.24. The number of hydrogen-bond donors (Lipinski definition) is 2. The van der Waals surface area contributed by atoms with Crippen molar-refractivity contribution in [3.05, 3.63) is 11.8 Å². The Morgan fingerprint density at radius 2 is 2.03 bits per heavy atom. The molecule has 9 nitrogen and oxygen atoms in total. The number of aryl methyl sites for hydroxylation is 1. The minimum Gasteiger partial charge on any atom is -0.356 e. The van der Waals surface area contributed by atoms with Crippen molar-refractivity contribution in [3.63, 3.8) is 0 Å². The van der Waals surface area contributed by atoms with Crippen LogP contribution in [0.2, 0.25) is 0 Å². The van der Waals surface area contributed by atoms with E-state index in [1.165, 1.54) is 0 Å². The lowest BCUT2D eigenvalue weighted by Crippen LogP contribution is -2.49. The number of unbranched alkanes of at least 4 members (excludes halogenated alkanes) is 1. The van der Waals surface area contributed by atoms with Gasteiger partial charge in [-0.3, -0.25) is 14.5 Å². The van der Waals surface area contributed by atoms with Crippen LogP contribution >= 0.6 is 0 Å². The third kappa shape index (κ3) is 6.29. The molecule has 2 aliphatic heterocycles. The first-order valence-corrected chi connectivity index (χ1v) is 13.1. The smallest absolute Gasteiger partial charge is 0.239 e. The first-order chi connectivity index (χ1) is 14.7. The van der Waals surface area contributed by atoms with Gasteiger partial charge in [0.2, 0.25) is 11.8 Å². The summed E-state index contributed by atoms with van der Waals surface area (Å²) in [7, 11) is -3.05. The van der Waals surface area contributed by atoms with Crippen LogP contribution in [0.25, 0.3) is 0 Å². The topological polar surface area (TPSA) is 113 Å². The lowest BCUT2D eigenvalue weighted by Gasteiger charge is -2.36. The van der Waals surface area contributed by atoms with Crippen LogP contribution in [0.5, 0.6) is 0 Å². The number of aromatic nitrogens is 2. The van der Waals surface area contributed by atoms with E-state index in [1.807, 2.05) is 6.92 Å². The van der Waals surface area contributed by atoms with E-state index in [2.05, 4.69) is 34.5 Å². The minimum absolute atomic E-state index is 0.0506. The molecule has 2 saturated heterocycles. The van der Waals surface area contributed by atoms with E-state index < -0.39 is 9.84 Å². The van der Waals surface area contributed by atoms with Gasteiger partial charge in [-0.15, -0.1) is 0 Å². The van der Waals surface area contributed by atoms with Crippen molar-refractivity contribution in [3.8, 4) is 0 Å². The number of nitrogens with one attached hydrogen (secondary N) is 2. The number of nitrogens with zero attached hydrogens (tertiary/aromatic N) is 3. The summed E-state index contributed by atoms with van der Waals surface area (Å²) in [6, 6.07) is 1.74. The van der Waals surface area contributed by atoms with Crippen LogP contribution in [0, 0.1) is 12.8 Å². The minimum atomic E-state index is -3.05. The second-order valence-electron chi connectivity index (χ2n) is 8.92. The number of likely N-dealkylation sites (tertiary alicyclic amines) is 1. The van der Waals surface area contributed by atoms with Crippen molar-refractivity contribution >= 4 is 27.5 Å². The number of hydrogen-bond acceptors (Lipinski definition) is 6. The first kappa shape index (κ1) is 23.7. The normalized spacial score (nSPS) is 26.0. The molecule has 1 aromatic heterocycles. The van der Waals surface area contributed by atoms with Crippen LogP contribution in [0.3, 0.4) is 0 Å². The van der Waals surface area contributed by atoms with Crippen molar-refractivity contribution in [1.29, 1.82) is 0 Å². The second kappa shape index (κ2) is 10.1. The fourth-order valence-electron chi connectivity index (χ4n) is 4.37. The zero-order valence-electron chi connectivity index (χ0n) is 18.8. The highest BCUT2D eigenvalue weighted by molar-refractivity contribution is 7.91. The van der Waals surface area contributed by atoms with Gasteiger partial charge in [0, 0.05) is 25.2 Å². The van der Waals surface area contributed by atoms with Gasteiger partial charge in [0.1, 0.15) is 5.82 Å². The maximum Gasteiger partial charge on any atom is 0.239 e. The molecule has 10 heteroatoms. The highest BCUT2D eigenvalue weighted by Crippen LogP contribution is 2.27. The van der Waals surface area contributed by atoms with Crippen molar-refractivity contribution in [2.75, 3.05) is 36.5 Å². The third-order valence-corrected chi connectivity index (χ3v) is 7.99. The van der Waals surface area contributed by atoms with Crippen LogP contribution in [0.1, 0.15) is 57.7 Å². The molecule has 0 spiro atoms. The van der Waals surface area contributed by atoms with Crippen LogP contribution in [0.15, 0.2) is 6.07 Å². The Morgan fingerprint density at radius 3 is 2.71 bits per heavy atom. The molecule has 0 radical (unpaired) electrons. The first-order valence-electron chi connectivity index (χ1n) is 11.3. The van der Waals surface area contributed by atoms with Gasteiger partial charge in [-0.1, -0.05) is 13.3 Å². The van der Waals surface area contributed by atoms with Gasteiger partial charge in [-0.2, -0.15) is 5.10 Å². The van der Waals surface area contributed by atoms with E-state index in [-0.39, 0.29) is 47.9 Å². The molecule has 3 rings (SSSR count). The van der Waals surface area contributed by atoms with Crippen LogP contribution in [-0.4, -0.2) is 72.1 Å². The van der Waals surface area contributed by atoms with E-state index in [9.17, 15) is 18.0 Å². The molecule has 0 bridgehead atoms. The zero-order valence-corrected chi connectivity index (χ0v) is 19.6. The fraction of sp³-hybridized carbons (Fsp3) is 0.762. The summed E-state index contributed by atoms with van der Waals surface area (Å²) in [4.78, 5) is 27.3. The van der Waals surface area contributed by atoms with E-state index in [0.717, 1.165) is 31.4 Å². The Hall–Kier alpha value is -1.94. The van der Waals surface area contributed by atoms with Crippen LogP contribution in [-0.2, 0) is 19.4 Å². The number of carbonyl (C=O) groups is 2. The van der Waals surface area contributed by atoms with E-state index in [4.69, 9.17) is 0 Å². The molecule has 0 aromatic carbocycles. The SMILES string of the molecule is CCCCNC(=O)C1CCC(C)N(CC(=O)Nc2cc(C)nn2C2CCS(=O)(=O)C2)C1. The highest BCUT2D eigenvalue weighted by atomic mass is 32.2. The summed E-state index contributed by atoms with van der Waals surface area (Å²) in [6.45, 7) is 7.44. The number of sulfone groups is 1. The number of anilines is 1. The Kier molecular flexibility index (Phi) is 7.74. The fourth-order valence-corrected chi connectivity index (χ4v) is 6.06. The molecule has 2 amide bonds. The Bertz CT molecular complexity index is 898. The average Bonchev–Trinajstić information content (AvgIpc) is 3.24. The van der Waals surface area contributed by atoms with Crippen molar-refractivity contribution in [2.24, 2.45) is 5.92 Å². The molecule has 2 aliphatic rings. The molecule has 3 atom stereocenters. The quantitative estimate of drug-likeness (QED) is 0.577. The summed E-state index contributed by atoms with van der Waals surface area (Å²) in [6.07, 6.45) is 4.22. The Labute approximate surface area is 184 Å². The maximum absolute atomic E-state index is 12.8. The predicted molar refractivity (Wildman–Crippen MR) is 120 cm³/mol. The van der Waals surface area contributed by atoms with Crippen molar-refractivity contribution < 1.29 is 18.0 Å². The van der Waals surface area contributed by atoms with Gasteiger partial charge < -0.3 is 10.6 Å². The number of amides is 2. The Morgan fingerprint density at radius 1 is 1.26 bits per heavy atom. The number of carbonyl (C=O) groups excluding carboxylic acids is 2. The molecule has 0 saturated carbocycles. The lowest BCUT2D eigenvalue weighted by atomic mass is 9.92. The molecule has 2 N–H and O–H groups in total. The van der Waals surface area contributed by atoms with Crippen molar-refractivity contribution in [2.45, 2.75) is 65.0 Å². The zero-order chi connectivity index (χ0) is 22.6. The van der Waals surface area contributed by atoms with E-state index in [0.29, 0.717) is 25.3 Å². The van der Waals surface area contributed by atoms with Crippen molar-refractivity contribution in [1.82, 2.24) is 20.0 Å². The van der Waals surface area contributed by atoms with Gasteiger partial charge in [-0.05, 0) is 39.5 Å². The molecular weight excluding hydrogens is 418 g/mol. The molecular formula is C21H35N5O4S. The predicted octanol–water partition coefficient (Wildman–Crippen LogP) is 1.51. The largest absolute Gasteiger partial charge is 0.356 e. The molecule has 0 aliphatic carbocycles. The highest BCUT2D eigenvalue weighted by Gasteiger charge is 2.33. The maximum atomic E-state index is 12.8. The van der Waals surface area contributed by atoms with E-state index in [1.54, 1.807) is 10.7 Å². The average molecular weight is 454 g/mol. The van der Waals surface area contributed by atoms with Crippen LogP contribution in [0.4, 0.5) is 5.82 Å². The number of piperidine rings is 1. The molecule has 3 heterocycles. The summed E-state index contributed by atoms with van der Waals surface area (Å²) >= 11 is 0. The summed E-state index contributed by atoms with van der Waals surface area (Å²) in [5.41, 5.74) is 0.731. The Balaban J connectivity index is 1.59. The van der Waals surface area contributed by atoms with Gasteiger partial charge in [0.15, 0.2) is 9.84 Å². The molecule has 31 heavy (non-hydrogen) atoms. The van der Waals surface area contributed by atoms with Gasteiger partial charge >= 0.3 is 0 Å².